The molecule has 176 valence electrons. The molecular weight excluding hydrogens is 470 g/mol. The first-order chi connectivity index (χ1) is 15.7. The van der Waals surface area contributed by atoms with Gasteiger partial charge >= 0.3 is 5.97 Å². The summed E-state index contributed by atoms with van der Waals surface area (Å²) in [6.45, 7) is -0.631. The number of anilines is 1. The molecule has 9 nitrogen and oxygen atoms in total. The van der Waals surface area contributed by atoms with Crippen LogP contribution in [0, 0.1) is 0 Å². The predicted octanol–water partition coefficient (Wildman–Crippen LogP) is 2.72. The Morgan fingerprint density at radius 2 is 1.79 bits per heavy atom. The molecule has 1 aliphatic carbocycles. The van der Waals surface area contributed by atoms with Crippen LogP contribution in [0.5, 0.6) is 0 Å². The second kappa shape index (κ2) is 10.8. The van der Waals surface area contributed by atoms with Crippen LogP contribution in [0.15, 0.2) is 47.4 Å². The van der Waals surface area contributed by atoms with E-state index in [1.54, 1.807) is 24.3 Å². The van der Waals surface area contributed by atoms with Gasteiger partial charge in [-0.05, 0) is 50.2 Å². The first-order valence-corrected chi connectivity index (χ1v) is 12.2. The van der Waals surface area contributed by atoms with Gasteiger partial charge in [0.25, 0.3) is 11.8 Å². The number of ether oxygens (including phenoxy) is 1. The Hall–Kier alpha value is -2.95. The Labute approximate surface area is 196 Å². The molecule has 0 atom stereocenters. The Kier molecular flexibility index (Phi) is 8.06. The molecule has 1 fully saturated rings. The van der Waals surface area contributed by atoms with Gasteiger partial charge in [-0.15, -0.1) is 0 Å². The molecule has 2 aromatic rings. The molecule has 0 aromatic heterocycles. The summed E-state index contributed by atoms with van der Waals surface area (Å²) in [5, 5.41) is 5.48. The van der Waals surface area contributed by atoms with Crippen molar-refractivity contribution in [3.05, 3.63) is 58.6 Å². The molecule has 0 radical (unpaired) electrons. The minimum atomic E-state index is -3.89. The molecule has 2 amide bonds. The van der Waals surface area contributed by atoms with Gasteiger partial charge in [-0.3, -0.25) is 9.59 Å². The number of rotatable bonds is 8. The Balaban J connectivity index is 1.63. The van der Waals surface area contributed by atoms with Gasteiger partial charge in [0, 0.05) is 6.04 Å². The molecule has 1 aliphatic rings. The fourth-order valence-electron chi connectivity index (χ4n) is 3.47. The lowest BCUT2D eigenvalue weighted by molar-refractivity contribution is -0.119. The van der Waals surface area contributed by atoms with E-state index in [2.05, 4.69) is 15.4 Å². The largest absolute Gasteiger partial charge is 0.452 e. The number of para-hydroxylation sites is 1. The predicted molar refractivity (Wildman–Crippen MR) is 123 cm³/mol. The summed E-state index contributed by atoms with van der Waals surface area (Å²) in [6.07, 6.45) is 4.01. The van der Waals surface area contributed by atoms with Gasteiger partial charge in [0.2, 0.25) is 10.0 Å². The minimum Gasteiger partial charge on any atom is -0.452 e. The Bertz CT molecular complexity index is 1160. The number of sulfonamides is 1. The summed E-state index contributed by atoms with van der Waals surface area (Å²) in [5.41, 5.74) is 0.518. The molecule has 1 saturated carbocycles. The number of carbonyl (C=O) groups excluding carboxylic acids is 3. The zero-order valence-electron chi connectivity index (χ0n) is 17.9. The van der Waals surface area contributed by atoms with Crippen molar-refractivity contribution in [2.75, 3.05) is 19.0 Å². The lowest BCUT2D eigenvalue weighted by Gasteiger charge is -2.15. The van der Waals surface area contributed by atoms with Crippen molar-refractivity contribution in [2.45, 2.75) is 36.6 Å². The topological polar surface area (TPSA) is 131 Å². The molecule has 0 heterocycles. The monoisotopic (exact) mass is 493 g/mol. The SMILES string of the molecule is CNS(=O)(=O)c1cc(C(=O)OCC(=O)Nc2ccccc2C(=O)NC2CCCC2)ccc1Cl. The number of benzene rings is 2. The third-order valence-corrected chi connectivity index (χ3v) is 7.09. The molecule has 11 heteroatoms. The maximum Gasteiger partial charge on any atom is 0.338 e. The van der Waals surface area contributed by atoms with Gasteiger partial charge in [0.05, 0.1) is 21.8 Å². The quantitative estimate of drug-likeness (QED) is 0.485. The summed E-state index contributed by atoms with van der Waals surface area (Å²) < 4.78 is 31.2. The van der Waals surface area contributed by atoms with E-state index >= 15 is 0 Å². The zero-order chi connectivity index (χ0) is 24.0. The molecule has 3 N–H and O–H groups in total. The second-order valence-electron chi connectivity index (χ2n) is 7.48. The molecule has 3 rings (SSSR count). The summed E-state index contributed by atoms with van der Waals surface area (Å²) in [7, 11) is -2.67. The smallest absolute Gasteiger partial charge is 0.338 e. The van der Waals surface area contributed by atoms with Crippen LogP contribution in [0.2, 0.25) is 5.02 Å². The van der Waals surface area contributed by atoms with Gasteiger partial charge < -0.3 is 15.4 Å². The fraction of sp³-hybridized carbons (Fsp3) is 0.318. The standard InChI is InChI=1S/C22H24ClN3O6S/c1-24-33(30,31)19-12-14(10-11-17(19)23)22(29)32-13-20(27)26-18-9-5-4-8-16(18)21(28)25-15-6-2-3-7-15/h4-5,8-12,15,24H,2-3,6-7,13H2,1H3,(H,25,28)(H,26,27). The molecule has 0 bridgehead atoms. The van der Waals surface area contributed by atoms with Crippen molar-refractivity contribution in [3.63, 3.8) is 0 Å². The van der Waals surface area contributed by atoms with E-state index in [4.69, 9.17) is 16.3 Å². The van der Waals surface area contributed by atoms with Crippen LogP contribution in [0.4, 0.5) is 5.69 Å². The maximum atomic E-state index is 12.6. The van der Waals surface area contributed by atoms with Crippen LogP contribution in [-0.4, -0.2) is 45.9 Å². The van der Waals surface area contributed by atoms with Crippen LogP contribution in [-0.2, 0) is 19.6 Å². The first kappa shape index (κ1) is 24.7. The molecule has 0 saturated heterocycles. The average molecular weight is 494 g/mol. The minimum absolute atomic E-state index is 0.0638. The summed E-state index contributed by atoms with van der Waals surface area (Å²) >= 11 is 5.91. The lowest BCUT2D eigenvalue weighted by atomic mass is 10.1. The molecule has 2 aromatic carbocycles. The van der Waals surface area contributed by atoms with Crippen molar-refractivity contribution < 1.29 is 27.5 Å². The fourth-order valence-corrected chi connectivity index (χ4v) is 4.72. The summed E-state index contributed by atoms with van der Waals surface area (Å²) in [5.74, 6) is -1.84. The maximum absolute atomic E-state index is 12.6. The number of hydrogen-bond acceptors (Lipinski definition) is 6. The highest BCUT2D eigenvalue weighted by molar-refractivity contribution is 7.89. The molecule has 0 aliphatic heterocycles. The van der Waals surface area contributed by atoms with Crippen molar-refractivity contribution >= 4 is 45.1 Å². The van der Waals surface area contributed by atoms with Gasteiger partial charge in [0.15, 0.2) is 6.61 Å². The van der Waals surface area contributed by atoms with E-state index in [0.29, 0.717) is 11.3 Å². The van der Waals surface area contributed by atoms with Crippen molar-refractivity contribution in [1.82, 2.24) is 10.0 Å². The number of esters is 1. The first-order valence-electron chi connectivity index (χ1n) is 10.3. The van der Waals surface area contributed by atoms with Crippen LogP contribution in [0.1, 0.15) is 46.4 Å². The van der Waals surface area contributed by atoms with Crippen LogP contribution in [0.25, 0.3) is 0 Å². The van der Waals surface area contributed by atoms with E-state index in [1.165, 1.54) is 19.2 Å². The number of carbonyl (C=O) groups is 3. The van der Waals surface area contributed by atoms with Gasteiger partial charge in [0.1, 0.15) is 4.90 Å². The third kappa shape index (κ3) is 6.31. The highest BCUT2D eigenvalue weighted by Crippen LogP contribution is 2.23. The van der Waals surface area contributed by atoms with E-state index < -0.39 is 28.5 Å². The van der Waals surface area contributed by atoms with Gasteiger partial charge in [-0.1, -0.05) is 36.6 Å². The number of halogens is 1. The van der Waals surface area contributed by atoms with Crippen LogP contribution in [0.3, 0.4) is 0 Å². The van der Waals surface area contributed by atoms with Crippen LogP contribution >= 0.6 is 11.6 Å². The Morgan fingerprint density at radius 3 is 2.48 bits per heavy atom. The molecule has 0 unspecified atom stereocenters. The summed E-state index contributed by atoms with van der Waals surface area (Å²) in [4.78, 5) is 37.0. The molecule has 0 spiro atoms. The third-order valence-electron chi connectivity index (χ3n) is 5.20. The zero-order valence-corrected chi connectivity index (χ0v) is 19.5. The highest BCUT2D eigenvalue weighted by atomic mass is 35.5. The van der Waals surface area contributed by atoms with Gasteiger partial charge in [-0.2, -0.15) is 0 Å². The van der Waals surface area contributed by atoms with Crippen molar-refractivity contribution in [2.24, 2.45) is 0 Å². The molecular formula is C22H24ClN3O6S. The van der Waals surface area contributed by atoms with Gasteiger partial charge in [-0.25, -0.2) is 17.9 Å². The van der Waals surface area contributed by atoms with E-state index in [1.807, 2.05) is 0 Å². The lowest BCUT2D eigenvalue weighted by Crippen LogP contribution is -2.33. The van der Waals surface area contributed by atoms with Crippen molar-refractivity contribution in [1.29, 1.82) is 0 Å². The van der Waals surface area contributed by atoms with E-state index in [-0.39, 0.29) is 27.4 Å². The number of hydrogen-bond donors (Lipinski definition) is 3. The molecule has 33 heavy (non-hydrogen) atoms. The number of nitrogens with one attached hydrogen (secondary N) is 3. The summed E-state index contributed by atoms with van der Waals surface area (Å²) in [6, 6.07) is 10.3. The van der Waals surface area contributed by atoms with Crippen molar-refractivity contribution in [3.8, 4) is 0 Å². The Morgan fingerprint density at radius 1 is 1.09 bits per heavy atom. The second-order valence-corrected chi connectivity index (χ2v) is 9.74. The van der Waals surface area contributed by atoms with E-state index in [0.717, 1.165) is 31.7 Å². The average Bonchev–Trinajstić information content (AvgIpc) is 3.31. The number of amides is 2. The highest BCUT2D eigenvalue weighted by Gasteiger charge is 2.22. The van der Waals surface area contributed by atoms with Crippen LogP contribution < -0.4 is 15.4 Å². The normalized spacial score (nSPS) is 14.0. The van der Waals surface area contributed by atoms with E-state index in [9.17, 15) is 22.8 Å².